The molecule has 0 unspecified atom stereocenters. The molecule has 100 valence electrons. The summed E-state index contributed by atoms with van der Waals surface area (Å²) >= 11 is 0. The highest BCUT2D eigenvalue weighted by atomic mass is 16.5. The number of ether oxygens (including phenoxy) is 1. The van der Waals surface area contributed by atoms with Gasteiger partial charge in [0, 0.05) is 5.56 Å². The third-order valence-electron chi connectivity index (χ3n) is 2.73. The molecule has 0 saturated carbocycles. The molecule has 2 rings (SSSR count). The van der Waals surface area contributed by atoms with Crippen LogP contribution in [0, 0.1) is 0 Å². The van der Waals surface area contributed by atoms with Gasteiger partial charge in [0.2, 0.25) is 0 Å². The standard InChI is InChI=1S/C18H16O2/c1-2-14-20-17-11-9-16(10-12-17)18(19)13-8-15-6-4-3-5-7-15/h2-13H,1,14H2. The third-order valence-corrected chi connectivity index (χ3v) is 2.73. The van der Waals surface area contributed by atoms with Crippen molar-refractivity contribution in [2.75, 3.05) is 6.61 Å². The monoisotopic (exact) mass is 264 g/mol. The molecule has 0 aliphatic heterocycles. The van der Waals surface area contributed by atoms with Crippen molar-refractivity contribution >= 4 is 11.9 Å². The highest BCUT2D eigenvalue weighted by Gasteiger charge is 2.01. The van der Waals surface area contributed by atoms with Crippen LogP contribution in [0.4, 0.5) is 0 Å². The van der Waals surface area contributed by atoms with Gasteiger partial charge in [0.1, 0.15) is 12.4 Å². The maximum atomic E-state index is 12.0. The topological polar surface area (TPSA) is 26.3 Å². The first kappa shape index (κ1) is 13.8. The van der Waals surface area contributed by atoms with E-state index in [-0.39, 0.29) is 5.78 Å². The second-order valence-electron chi connectivity index (χ2n) is 4.23. The van der Waals surface area contributed by atoms with Gasteiger partial charge in [-0.2, -0.15) is 0 Å². The van der Waals surface area contributed by atoms with Gasteiger partial charge < -0.3 is 4.74 Å². The third kappa shape index (κ3) is 3.95. The SMILES string of the molecule is C=CCOc1ccc(C(=O)C=Cc2ccccc2)cc1. The Kier molecular flexibility index (Phi) is 4.90. The van der Waals surface area contributed by atoms with Crippen LogP contribution in [0.25, 0.3) is 6.08 Å². The van der Waals surface area contributed by atoms with Crippen LogP contribution in [0.15, 0.2) is 73.3 Å². The highest BCUT2D eigenvalue weighted by molar-refractivity contribution is 6.06. The molecular formula is C18H16O2. The molecule has 0 bridgehead atoms. The Morgan fingerprint density at radius 1 is 1.05 bits per heavy atom. The van der Waals surface area contributed by atoms with Crippen LogP contribution in [0.3, 0.4) is 0 Å². The lowest BCUT2D eigenvalue weighted by Gasteiger charge is -2.03. The van der Waals surface area contributed by atoms with Gasteiger partial charge in [-0.05, 0) is 35.9 Å². The number of allylic oxidation sites excluding steroid dienone is 1. The van der Waals surface area contributed by atoms with Crippen molar-refractivity contribution in [3.05, 3.63) is 84.5 Å². The minimum Gasteiger partial charge on any atom is -0.490 e. The van der Waals surface area contributed by atoms with E-state index in [4.69, 9.17) is 4.74 Å². The Morgan fingerprint density at radius 3 is 2.40 bits per heavy atom. The predicted octanol–water partition coefficient (Wildman–Crippen LogP) is 4.15. The van der Waals surface area contributed by atoms with Crippen LogP contribution in [0.1, 0.15) is 15.9 Å². The summed E-state index contributed by atoms with van der Waals surface area (Å²) in [6, 6.07) is 16.8. The number of hydrogen-bond acceptors (Lipinski definition) is 2. The first-order valence-electron chi connectivity index (χ1n) is 6.41. The Hall–Kier alpha value is -2.61. The molecule has 0 aliphatic carbocycles. The molecule has 0 fully saturated rings. The number of carbonyl (C=O) groups is 1. The van der Waals surface area contributed by atoms with Crippen molar-refractivity contribution in [1.29, 1.82) is 0 Å². The van der Waals surface area contributed by atoms with Crippen LogP contribution in [0.5, 0.6) is 5.75 Å². The molecule has 2 aromatic rings. The molecule has 0 heterocycles. The first-order chi connectivity index (χ1) is 9.79. The molecule has 0 radical (unpaired) electrons. The van der Waals surface area contributed by atoms with Crippen molar-refractivity contribution in [1.82, 2.24) is 0 Å². The predicted molar refractivity (Wildman–Crippen MR) is 81.9 cm³/mol. The molecular weight excluding hydrogens is 248 g/mol. The van der Waals surface area contributed by atoms with E-state index in [1.54, 1.807) is 36.4 Å². The summed E-state index contributed by atoms with van der Waals surface area (Å²) in [5.41, 5.74) is 1.65. The number of rotatable bonds is 6. The molecule has 0 atom stereocenters. The molecule has 0 spiro atoms. The fourth-order valence-electron chi connectivity index (χ4n) is 1.70. The van der Waals surface area contributed by atoms with Gasteiger partial charge in [-0.3, -0.25) is 4.79 Å². The molecule has 0 saturated heterocycles. The second kappa shape index (κ2) is 7.10. The minimum atomic E-state index is -0.0240. The Morgan fingerprint density at radius 2 is 1.75 bits per heavy atom. The largest absolute Gasteiger partial charge is 0.490 e. The van der Waals surface area contributed by atoms with Crippen molar-refractivity contribution in [3.63, 3.8) is 0 Å². The average molecular weight is 264 g/mol. The van der Waals surface area contributed by atoms with Crippen LogP contribution >= 0.6 is 0 Å². The molecule has 2 heteroatoms. The molecule has 20 heavy (non-hydrogen) atoms. The summed E-state index contributed by atoms with van der Waals surface area (Å²) in [7, 11) is 0. The number of ketones is 1. The van der Waals surface area contributed by atoms with Gasteiger partial charge in [0.05, 0.1) is 0 Å². The van der Waals surface area contributed by atoms with E-state index in [0.29, 0.717) is 12.2 Å². The van der Waals surface area contributed by atoms with E-state index in [1.807, 2.05) is 36.4 Å². The fraction of sp³-hybridized carbons (Fsp3) is 0.0556. The molecule has 0 aromatic heterocycles. The quantitative estimate of drug-likeness (QED) is 0.445. The summed E-state index contributed by atoms with van der Waals surface area (Å²) in [4.78, 5) is 12.0. The summed E-state index contributed by atoms with van der Waals surface area (Å²) < 4.78 is 5.37. The molecule has 2 nitrogen and oxygen atoms in total. The normalized spacial score (nSPS) is 10.4. The van der Waals surface area contributed by atoms with Crippen molar-refractivity contribution in [2.24, 2.45) is 0 Å². The minimum absolute atomic E-state index is 0.0240. The van der Waals surface area contributed by atoms with Crippen LogP contribution in [-0.2, 0) is 0 Å². The van der Waals surface area contributed by atoms with E-state index in [2.05, 4.69) is 6.58 Å². The average Bonchev–Trinajstić information content (AvgIpc) is 2.52. The summed E-state index contributed by atoms with van der Waals surface area (Å²) in [6.45, 7) is 4.05. The van der Waals surface area contributed by atoms with Gasteiger partial charge in [-0.25, -0.2) is 0 Å². The van der Waals surface area contributed by atoms with Crippen LogP contribution in [-0.4, -0.2) is 12.4 Å². The van der Waals surface area contributed by atoms with E-state index >= 15 is 0 Å². The van der Waals surface area contributed by atoms with Gasteiger partial charge >= 0.3 is 0 Å². The zero-order valence-corrected chi connectivity index (χ0v) is 11.2. The second-order valence-corrected chi connectivity index (χ2v) is 4.23. The van der Waals surface area contributed by atoms with Crippen LogP contribution in [0.2, 0.25) is 0 Å². The van der Waals surface area contributed by atoms with Crippen molar-refractivity contribution in [3.8, 4) is 5.75 Å². The van der Waals surface area contributed by atoms with E-state index in [9.17, 15) is 4.79 Å². The summed E-state index contributed by atoms with van der Waals surface area (Å²) in [5, 5.41) is 0. The Bertz CT molecular complexity index is 595. The lowest BCUT2D eigenvalue weighted by molar-refractivity contribution is 0.104. The number of hydrogen-bond donors (Lipinski definition) is 0. The van der Waals surface area contributed by atoms with Gasteiger partial charge in [-0.15, -0.1) is 0 Å². The van der Waals surface area contributed by atoms with Crippen molar-refractivity contribution < 1.29 is 9.53 Å². The zero-order chi connectivity index (χ0) is 14.2. The Balaban J connectivity index is 2.02. The maximum Gasteiger partial charge on any atom is 0.185 e. The first-order valence-corrected chi connectivity index (χ1v) is 6.41. The molecule has 0 N–H and O–H groups in total. The van der Waals surface area contributed by atoms with Gasteiger partial charge in [-0.1, -0.05) is 49.1 Å². The Labute approximate surface area is 119 Å². The summed E-state index contributed by atoms with van der Waals surface area (Å²) in [6.07, 6.45) is 5.07. The lowest BCUT2D eigenvalue weighted by Crippen LogP contribution is -1.96. The maximum absolute atomic E-state index is 12.0. The molecule has 0 aliphatic rings. The lowest BCUT2D eigenvalue weighted by atomic mass is 10.1. The van der Waals surface area contributed by atoms with Crippen molar-refractivity contribution in [2.45, 2.75) is 0 Å². The highest BCUT2D eigenvalue weighted by Crippen LogP contribution is 2.13. The van der Waals surface area contributed by atoms with Crippen LogP contribution < -0.4 is 4.74 Å². The van der Waals surface area contributed by atoms with Gasteiger partial charge in [0.25, 0.3) is 0 Å². The molecule has 0 amide bonds. The van der Waals surface area contributed by atoms with E-state index in [0.717, 1.165) is 11.3 Å². The van der Waals surface area contributed by atoms with E-state index < -0.39 is 0 Å². The smallest absolute Gasteiger partial charge is 0.185 e. The van der Waals surface area contributed by atoms with Gasteiger partial charge in [0.15, 0.2) is 5.78 Å². The fourth-order valence-corrected chi connectivity index (χ4v) is 1.70. The molecule has 2 aromatic carbocycles. The number of benzene rings is 2. The van der Waals surface area contributed by atoms with E-state index in [1.165, 1.54) is 0 Å². The summed E-state index contributed by atoms with van der Waals surface area (Å²) in [5.74, 6) is 0.706. The zero-order valence-electron chi connectivity index (χ0n) is 11.2. The number of carbonyl (C=O) groups excluding carboxylic acids is 1.